The third-order valence-corrected chi connectivity index (χ3v) is 3.57. The SMILES string of the molecule is Clc1cccc(Cl)c1NCc1cnn(-c2ccccc2)n1. The molecule has 1 N–H and O–H groups in total. The molecule has 1 heterocycles. The van der Waals surface area contributed by atoms with E-state index in [-0.39, 0.29) is 0 Å². The van der Waals surface area contributed by atoms with Crippen LogP contribution in [0.4, 0.5) is 5.69 Å². The third kappa shape index (κ3) is 3.17. The highest BCUT2D eigenvalue weighted by Crippen LogP contribution is 2.29. The van der Waals surface area contributed by atoms with Gasteiger partial charge in [-0.2, -0.15) is 15.0 Å². The fourth-order valence-corrected chi connectivity index (χ4v) is 2.44. The van der Waals surface area contributed by atoms with Crippen LogP contribution in [0.1, 0.15) is 5.69 Å². The van der Waals surface area contributed by atoms with Gasteiger partial charge in [0.2, 0.25) is 0 Å². The second-order valence-corrected chi connectivity index (χ2v) is 5.23. The zero-order valence-electron chi connectivity index (χ0n) is 11.0. The number of para-hydroxylation sites is 2. The molecule has 106 valence electrons. The Balaban J connectivity index is 1.74. The lowest BCUT2D eigenvalue weighted by Gasteiger charge is -2.08. The summed E-state index contributed by atoms with van der Waals surface area (Å²) in [5, 5.41) is 13.0. The van der Waals surface area contributed by atoms with Crippen molar-refractivity contribution in [1.29, 1.82) is 0 Å². The van der Waals surface area contributed by atoms with Gasteiger partial charge in [0, 0.05) is 0 Å². The number of rotatable bonds is 4. The molecule has 0 saturated carbocycles. The molecule has 0 bridgehead atoms. The minimum atomic E-state index is 0.496. The van der Waals surface area contributed by atoms with E-state index < -0.39 is 0 Å². The van der Waals surface area contributed by atoms with Crippen LogP contribution < -0.4 is 5.32 Å². The van der Waals surface area contributed by atoms with Crippen molar-refractivity contribution < 1.29 is 0 Å². The predicted octanol–water partition coefficient (Wildman–Crippen LogP) is 4.19. The fourth-order valence-electron chi connectivity index (χ4n) is 1.91. The van der Waals surface area contributed by atoms with Crippen LogP contribution in [0.5, 0.6) is 0 Å². The van der Waals surface area contributed by atoms with Gasteiger partial charge in [-0.25, -0.2) is 0 Å². The highest BCUT2D eigenvalue weighted by atomic mass is 35.5. The number of benzene rings is 2. The minimum absolute atomic E-state index is 0.496. The highest BCUT2D eigenvalue weighted by Gasteiger charge is 2.07. The van der Waals surface area contributed by atoms with Crippen molar-refractivity contribution in [1.82, 2.24) is 15.0 Å². The Kier molecular flexibility index (Phi) is 4.08. The first-order valence-corrected chi connectivity index (χ1v) is 7.14. The molecule has 3 rings (SSSR count). The van der Waals surface area contributed by atoms with Crippen molar-refractivity contribution in [3.63, 3.8) is 0 Å². The van der Waals surface area contributed by atoms with Crippen LogP contribution in [0.25, 0.3) is 5.69 Å². The lowest BCUT2D eigenvalue weighted by Crippen LogP contribution is -2.03. The number of anilines is 1. The van der Waals surface area contributed by atoms with Crippen molar-refractivity contribution >= 4 is 28.9 Å². The van der Waals surface area contributed by atoms with Gasteiger partial charge in [-0.15, -0.1) is 0 Å². The van der Waals surface area contributed by atoms with Gasteiger partial charge in [0.1, 0.15) is 5.69 Å². The Hall–Kier alpha value is -2.04. The van der Waals surface area contributed by atoms with E-state index in [1.165, 1.54) is 0 Å². The molecule has 0 saturated heterocycles. The number of nitrogens with zero attached hydrogens (tertiary/aromatic N) is 3. The smallest absolute Gasteiger partial charge is 0.102 e. The molecule has 4 nitrogen and oxygen atoms in total. The van der Waals surface area contributed by atoms with E-state index in [2.05, 4.69) is 15.5 Å². The number of aromatic nitrogens is 3. The fraction of sp³-hybridized carbons (Fsp3) is 0.0667. The van der Waals surface area contributed by atoms with Gasteiger partial charge in [0.25, 0.3) is 0 Å². The molecule has 6 heteroatoms. The van der Waals surface area contributed by atoms with Crippen LogP contribution in [-0.2, 0) is 6.54 Å². The number of hydrogen-bond donors (Lipinski definition) is 1. The largest absolute Gasteiger partial charge is 0.377 e. The van der Waals surface area contributed by atoms with Gasteiger partial charge in [-0.3, -0.25) is 0 Å². The van der Waals surface area contributed by atoms with E-state index in [4.69, 9.17) is 23.2 Å². The normalized spacial score (nSPS) is 10.6. The van der Waals surface area contributed by atoms with E-state index in [9.17, 15) is 0 Å². The second-order valence-electron chi connectivity index (χ2n) is 4.41. The summed E-state index contributed by atoms with van der Waals surface area (Å²) >= 11 is 12.2. The summed E-state index contributed by atoms with van der Waals surface area (Å²) < 4.78 is 0. The molecule has 0 radical (unpaired) electrons. The monoisotopic (exact) mass is 318 g/mol. The van der Waals surface area contributed by atoms with E-state index in [0.717, 1.165) is 11.4 Å². The Labute approximate surface area is 132 Å². The molecule has 2 aromatic carbocycles. The molecular formula is C15H12Cl2N4. The Morgan fingerprint density at radius 2 is 1.67 bits per heavy atom. The van der Waals surface area contributed by atoms with Gasteiger partial charge in [0.05, 0.1) is 34.2 Å². The summed E-state index contributed by atoms with van der Waals surface area (Å²) in [6.07, 6.45) is 1.71. The summed E-state index contributed by atoms with van der Waals surface area (Å²) in [5.41, 5.74) is 2.42. The lowest BCUT2D eigenvalue weighted by molar-refractivity contribution is 0.740. The first-order valence-electron chi connectivity index (χ1n) is 6.38. The van der Waals surface area contributed by atoms with Crippen molar-refractivity contribution in [3.05, 3.63) is 70.5 Å². The van der Waals surface area contributed by atoms with Gasteiger partial charge in [-0.1, -0.05) is 47.5 Å². The van der Waals surface area contributed by atoms with Crippen LogP contribution in [0.3, 0.4) is 0 Å². The minimum Gasteiger partial charge on any atom is -0.377 e. The standard InChI is InChI=1S/C15H12Cl2N4/c16-13-7-4-8-14(17)15(13)18-9-11-10-19-21(20-11)12-5-2-1-3-6-12/h1-8,10,18H,9H2. The third-order valence-electron chi connectivity index (χ3n) is 2.94. The first-order chi connectivity index (χ1) is 10.2. The Morgan fingerprint density at radius 1 is 0.952 bits per heavy atom. The molecule has 0 aliphatic heterocycles. The van der Waals surface area contributed by atoms with E-state index in [0.29, 0.717) is 22.3 Å². The van der Waals surface area contributed by atoms with Crippen molar-refractivity contribution in [2.45, 2.75) is 6.54 Å². The quantitative estimate of drug-likeness (QED) is 0.784. The average molecular weight is 319 g/mol. The van der Waals surface area contributed by atoms with Gasteiger partial charge in [0.15, 0.2) is 0 Å². The predicted molar refractivity (Wildman–Crippen MR) is 85.1 cm³/mol. The number of nitrogens with one attached hydrogen (secondary N) is 1. The number of hydrogen-bond acceptors (Lipinski definition) is 3. The van der Waals surface area contributed by atoms with E-state index in [1.54, 1.807) is 23.1 Å². The van der Waals surface area contributed by atoms with Gasteiger partial charge >= 0.3 is 0 Å². The van der Waals surface area contributed by atoms with Crippen LogP contribution in [0, 0.1) is 0 Å². The first kappa shape index (κ1) is 13.9. The second kappa shape index (κ2) is 6.16. The lowest BCUT2D eigenvalue weighted by atomic mass is 10.3. The van der Waals surface area contributed by atoms with Crippen LogP contribution in [0.2, 0.25) is 10.0 Å². The van der Waals surface area contributed by atoms with Crippen LogP contribution >= 0.6 is 23.2 Å². The topological polar surface area (TPSA) is 42.7 Å². The summed E-state index contributed by atoms with van der Waals surface area (Å²) in [4.78, 5) is 1.59. The van der Waals surface area contributed by atoms with E-state index in [1.807, 2.05) is 36.4 Å². The van der Waals surface area contributed by atoms with Crippen molar-refractivity contribution in [2.75, 3.05) is 5.32 Å². The summed E-state index contributed by atoms with van der Waals surface area (Å²) in [6.45, 7) is 0.496. The van der Waals surface area contributed by atoms with Gasteiger partial charge < -0.3 is 5.32 Å². The molecule has 0 spiro atoms. The molecule has 21 heavy (non-hydrogen) atoms. The van der Waals surface area contributed by atoms with E-state index >= 15 is 0 Å². The van der Waals surface area contributed by atoms with Crippen molar-refractivity contribution in [3.8, 4) is 5.69 Å². The molecule has 3 aromatic rings. The Morgan fingerprint density at radius 3 is 2.38 bits per heavy atom. The zero-order valence-corrected chi connectivity index (χ0v) is 12.5. The molecule has 0 aliphatic rings. The van der Waals surface area contributed by atoms with Crippen molar-refractivity contribution in [2.24, 2.45) is 0 Å². The highest BCUT2D eigenvalue weighted by molar-refractivity contribution is 6.39. The summed E-state index contributed by atoms with van der Waals surface area (Å²) in [6, 6.07) is 15.1. The summed E-state index contributed by atoms with van der Waals surface area (Å²) in [7, 11) is 0. The molecule has 0 atom stereocenters. The summed E-state index contributed by atoms with van der Waals surface area (Å²) in [5.74, 6) is 0. The molecule has 1 aromatic heterocycles. The van der Waals surface area contributed by atoms with Gasteiger partial charge in [-0.05, 0) is 24.3 Å². The van der Waals surface area contributed by atoms with Crippen LogP contribution in [0.15, 0.2) is 54.7 Å². The maximum atomic E-state index is 6.11. The molecular weight excluding hydrogens is 307 g/mol. The maximum absolute atomic E-state index is 6.11. The van der Waals surface area contributed by atoms with Crippen LogP contribution in [-0.4, -0.2) is 15.0 Å². The zero-order chi connectivity index (χ0) is 14.7. The molecule has 0 amide bonds. The molecule has 0 fully saturated rings. The average Bonchev–Trinajstić information content (AvgIpc) is 2.97. The maximum Gasteiger partial charge on any atom is 0.102 e. The Bertz CT molecular complexity index is 720. The number of halogens is 2. The molecule has 0 aliphatic carbocycles. The molecule has 0 unspecified atom stereocenters.